The summed E-state index contributed by atoms with van der Waals surface area (Å²) in [6, 6.07) is 6.14. The van der Waals surface area contributed by atoms with Crippen LogP contribution in [0.5, 0.6) is 0 Å². The number of aryl methyl sites for hydroxylation is 1. The number of aromatic carboxylic acids is 1. The molecule has 0 amide bonds. The summed E-state index contributed by atoms with van der Waals surface area (Å²) in [6.07, 6.45) is 1.13. The lowest BCUT2D eigenvalue weighted by Gasteiger charge is -2.04. The molecule has 0 spiro atoms. The van der Waals surface area contributed by atoms with Crippen molar-refractivity contribution in [3.05, 3.63) is 30.0 Å². The van der Waals surface area contributed by atoms with E-state index in [0.717, 1.165) is 11.8 Å². The lowest BCUT2D eigenvalue weighted by molar-refractivity contribution is 0.0686. The summed E-state index contributed by atoms with van der Waals surface area (Å²) in [7, 11) is -3.28. The molecule has 0 saturated carbocycles. The third-order valence-corrected chi connectivity index (χ3v) is 3.95. The molecule has 18 heavy (non-hydrogen) atoms. The van der Waals surface area contributed by atoms with E-state index in [1.807, 2.05) is 6.92 Å². The van der Waals surface area contributed by atoms with Crippen LogP contribution in [0.2, 0.25) is 0 Å². The first kappa shape index (κ1) is 12.6. The second kappa shape index (κ2) is 4.13. The molecule has 2 rings (SSSR count). The quantitative estimate of drug-likeness (QED) is 0.919. The van der Waals surface area contributed by atoms with Gasteiger partial charge < -0.3 is 9.67 Å². The Morgan fingerprint density at radius 1 is 1.33 bits per heavy atom. The van der Waals surface area contributed by atoms with E-state index < -0.39 is 15.8 Å². The summed E-state index contributed by atoms with van der Waals surface area (Å²) < 4.78 is 24.5. The average Bonchev–Trinajstić information content (AvgIpc) is 2.65. The second-order valence-electron chi connectivity index (χ2n) is 4.07. The van der Waals surface area contributed by atoms with E-state index in [1.165, 1.54) is 18.2 Å². The van der Waals surface area contributed by atoms with Crippen LogP contribution < -0.4 is 0 Å². The van der Waals surface area contributed by atoms with Crippen molar-refractivity contribution < 1.29 is 18.3 Å². The Labute approximate surface area is 105 Å². The molecule has 0 atom stereocenters. The van der Waals surface area contributed by atoms with Gasteiger partial charge in [-0.05, 0) is 31.2 Å². The smallest absolute Gasteiger partial charge is 0.352 e. The van der Waals surface area contributed by atoms with Crippen LogP contribution in [-0.4, -0.2) is 30.3 Å². The van der Waals surface area contributed by atoms with Crippen molar-refractivity contribution in [3.63, 3.8) is 0 Å². The van der Waals surface area contributed by atoms with Gasteiger partial charge in [0, 0.05) is 23.7 Å². The fourth-order valence-corrected chi connectivity index (χ4v) is 2.65. The van der Waals surface area contributed by atoms with Crippen molar-refractivity contribution in [1.82, 2.24) is 4.57 Å². The van der Waals surface area contributed by atoms with Crippen molar-refractivity contribution in [1.29, 1.82) is 0 Å². The van der Waals surface area contributed by atoms with Crippen LogP contribution in [0.25, 0.3) is 10.9 Å². The standard InChI is InChI=1S/C12H13NO4S/c1-3-13-10-5-4-9(18(2,16)17)6-8(10)7-11(13)12(14)15/h4-7H,3H2,1-2H3,(H,14,15). The van der Waals surface area contributed by atoms with Gasteiger partial charge in [-0.25, -0.2) is 13.2 Å². The van der Waals surface area contributed by atoms with Crippen molar-refractivity contribution in [3.8, 4) is 0 Å². The van der Waals surface area contributed by atoms with Gasteiger partial charge in [-0.15, -0.1) is 0 Å². The molecular formula is C12H13NO4S. The highest BCUT2D eigenvalue weighted by Crippen LogP contribution is 2.23. The average molecular weight is 267 g/mol. The molecule has 0 radical (unpaired) electrons. The number of rotatable bonds is 3. The molecule has 5 nitrogen and oxygen atoms in total. The third-order valence-electron chi connectivity index (χ3n) is 2.84. The van der Waals surface area contributed by atoms with E-state index in [-0.39, 0.29) is 10.6 Å². The Morgan fingerprint density at radius 3 is 2.50 bits per heavy atom. The molecule has 1 heterocycles. The summed E-state index contributed by atoms with van der Waals surface area (Å²) in [5, 5.41) is 9.71. The molecule has 1 aromatic heterocycles. The molecule has 0 fully saturated rings. The highest BCUT2D eigenvalue weighted by molar-refractivity contribution is 7.90. The van der Waals surface area contributed by atoms with Gasteiger partial charge in [0.2, 0.25) is 0 Å². The van der Waals surface area contributed by atoms with E-state index in [4.69, 9.17) is 5.11 Å². The van der Waals surface area contributed by atoms with Crippen LogP contribution >= 0.6 is 0 Å². The zero-order valence-corrected chi connectivity index (χ0v) is 10.9. The minimum atomic E-state index is -3.28. The molecule has 1 aromatic carbocycles. The third kappa shape index (κ3) is 1.99. The summed E-state index contributed by atoms with van der Waals surface area (Å²) in [6.45, 7) is 2.36. The summed E-state index contributed by atoms with van der Waals surface area (Å²) in [5.74, 6) is -1.02. The number of hydrogen-bond donors (Lipinski definition) is 1. The normalized spacial score (nSPS) is 11.9. The minimum Gasteiger partial charge on any atom is -0.477 e. The molecule has 1 N–H and O–H groups in total. The van der Waals surface area contributed by atoms with Gasteiger partial charge in [-0.2, -0.15) is 0 Å². The first-order chi connectivity index (χ1) is 8.34. The number of carboxylic acids is 1. The summed E-state index contributed by atoms with van der Waals surface area (Å²) in [5.41, 5.74) is 0.889. The van der Waals surface area contributed by atoms with Gasteiger partial charge >= 0.3 is 5.97 Å². The van der Waals surface area contributed by atoms with Gasteiger partial charge in [0.25, 0.3) is 0 Å². The van der Waals surface area contributed by atoms with Crippen LogP contribution in [0, 0.1) is 0 Å². The molecule has 0 unspecified atom stereocenters. The van der Waals surface area contributed by atoms with Crippen LogP contribution in [-0.2, 0) is 16.4 Å². The molecule has 0 aliphatic heterocycles. The first-order valence-corrected chi connectivity index (χ1v) is 7.30. The molecule has 0 aliphatic carbocycles. The zero-order chi connectivity index (χ0) is 13.5. The van der Waals surface area contributed by atoms with E-state index in [0.29, 0.717) is 11.9 Å². The van der Waals surface area contributed by atoms with Crippen molar-refractivity contribution in [2.75, 3.05) is 6.26 Å². The molecule has 0 aliphatic rings. The maximum Gasteiger partial charge on any atom is 0.352 e. The van der Waals surface area contributed by atoms with Crippen molar-refractivity contribution >= 4 is 26.7 Å². The van der Waals surface area contributed by atoms with Crippen molar-refractivity contribution in [2.24, 2.45) is 0 Å². The van der Waals surface area contributed by atoms with Gasteiger partial charge in [0.1, 0.15) is 5.69 Å². The van der Waals surface area contributed by atoms with Gasteiger partial charge in [-0.1, -0.05) is 0 Å². The molecule has 6 heteroatoms. The monoisotopic (exact) mass is 267 g/mol. The van der Waals surface area contributed by atoms with E-state index in [9.17, 15) is 13.2 Å². The number of sulfone groups is 1. The highest BCUT2D eigenvalue weighted by atomic mass is 32.2. The SMILES string of the molecule is CCn1c(C(=O)O)cc2cc(S(C)(=O)=O)ccc21. The Balaban J connectivity index is 2.77. The summed E-state index contributed by atoms with van der Waals surface area (Å²) in [4.78, 5) is 11.3. The number of aromatic nitrogens is 1. The van der Waals surface area contributed by atoms with Gasteiger partial charge in [0.15, 0.2) is 9.84 Å². The van der Waals surface area contributed by atoms with Gasteiger partial charge in [-0.3, -0.25) is 0 Å². The lowest BCUT2D eigenvalue weighted by Crippen LogP contribution is -2.06. The molecular weight excluding hydrogens is 254 g/mol. The first-order valence-electron chi connectivity index (χ1n) is 5.41. The van der Waals surface area contributed by atoms with Crippen LogP contribution in [0.1, 0.15) is 17.4 Å². The van der Waals surface area contributed by atoms with Crippen LogP contribution in [0.3, 0.4) is 0 Å². The second-order valence-corrected chi connectivity index (χ2v) is 6.09. The lowest BCUT2D eigenvalue weighted by atomic mass is 10.2. The zero-order valence-electron chi connectivity index (χ0n) is 10.0. The van der Waals surface area contributed by atoms with Gasteiger partial charge in [0.05, 0.1) is 4.90 Å². The minimum absolute atomic E-state index is 0.165. The fraction of sp³-hybridized carbons (Fsp3) is 0.250. The van der Waals surface area contributed by atoms with Crippen LogP contribution in [0.15, 0.2) is 29.2 Å². The maximum atomic E-state index is 11.4. The molecule has 2 aromatic rings. The number of carbonyl (C=O) groups is 1. The Kier molecular flexibility index (Phi) is 2.90. The highest BCUT2D eigenvalue weighted by Gasteiger charge is 2.15. The topological polar surface area (TPSA) is 76.4 Å². The summed E-state index contributed by atoms with van der Waals surface area (Å²) >= 11 is 0. The molecule has 96 valence electrons. The fourth-order valence-electron chi connectivity index (χ4n) is 2.00. The maximum absolute atomic E-state index is 11.4. The van der Waals surface area contributed by atoms with Crippen LogP contribution in [0.4, 0.5) is 0 Å². The number of fused-ring (bicyclic) bond motifs is 1. The number of hydrogen-bond acceptors (Lipinski definition) is 3. The number of carboxylic acid groups (broad SMARTS) is 1. The Bertz CT molecular complexity index is 728. The number of nitrogens with zero attached hydrogens (tertiary/aromatic N) is 1. The Hall–Kier alpha value is -1.82. The molecule has 0 saturated heterocycles. The number of benzene rings is 1. The molecule has 0 bridgehead atoms. The largest absolute Gasteiger partial charge is 0.477 e. The van der Waals surface area contributed by atoms with E-state index in [2.05, 4.69) is 0 Å². The van der Waals surface area contributed by atoms with E-state index >= 15 is 0 Å². The Morgan fingerprint density at radius 2 is 2.00 bits per heavy atom. The van der Waals surface area contributed by atoms with Crippen molar-refractivity contribution in [2.45, 2.75) is 18.4 Å². The predicted octanol–water partition coefficient (Wildman–Crippen LogP) is 1.76. The predicted molar refractivity (Wildman–Crippen MR) is 67.7 cm³/mol. The van der Waals surface area contributed by atoms with E-state index in [1.54, 1.807) is 10.6 Å².